The van der Waals surface area contributed by atoms with Crippen LogP contribution < -0.4 is 5.46 Å². The Morgan fingerprint density at radius 3 is 2.56 bits per heavy atom. The maximum Gasteiger partial charge on any atom is 0.139 e. The zero-order chi connectivity index (χ0) is 6.85. The lowest BCUT2D eigenvalue weighted by Gasteiger charge is -1.96. The zero-order valence-electron chi connectivity index (χ0n) is 5.61. The molecule has 0 unspecified atom stereocenters. The van der Waals surface area contributed by atoms with Crippen molar-refractivity contribution in [3.8, 4) is 0 Å². The summed E-state index contributed by atoms with van der Waals surface area (Å²) >= 11 is 5.81. The van der Waals surface area contributed by atoms with E-state index in [4.69, 9.17) is 11.6 Å². The van der Waals surface area contributed by atoms with E-state index < -0.39 is 0 Å². The van der Waals surface area contributed by atoms with E-state index in [1.165, 1.54) is 5.46 Å². The first-order valence-electron chi connectivity index (χ1n) is 2.93. The summed E-state index contributed by atoms with van der Waals surface area (Å²) in [5.41, 5.74) is 2.35. The van der Waals surface area contributed by atoms with E-state index >= 15 is 0 Å². The third-order valence-corrected chi connectivity index (χ3v) is 1.73. The highest BCUT2D eigenvalue weighted by Gasteiger charge is 1.91. The van der Waals surface area contributed by atoms with Gasteiger partial charge in [0.1, 0.15) is 7.85 Å². The van der Waals surface area contributed by atoms with Crippen molar-refractivity contribution in [1.29, 1.82) is 0 Å². The Hall–Kier alpha value is -0.425. The van der Waals surface area contributed by atoms with Crippen molar-refractivity contribution < 1.29 is 0 Å². The molecular formula is C7H8BCl. The number of hydrogen-bond acceptors (Lipinski definition) is 0. The van der Waals surface area contributed by atoms with Crippen LogP contribution in [0.25, 0.3) is 0 Å². The smallest absolute Gasteiger partial charge is 0.0875 e. The Morgan fingerprint density at radius 1 is 1.44 bits per heavy atom. The topological polar surface area (TPSA) is 0 Å². The molecule has 1 rings (SSSR count). The normalized spacial score (nSPS) is 9.56. The van der Waals surface area contributed by atoms with Crippen LogP contribution in [-0.4, -0.2) is 7.85 Å². The summed E-state index contributed by atoms with van der Waals surface area (Å²) in [6.45, 7) is 2.00. The molecule has 0 saturated heterocycles. The Morgan fingerprint density at radius 2 is 2.11 bits per heavy atom. The second kappa shape index (κ2) is 2.44. The van der Waals surface area contributed by atoms with Crippen LogP contribution >= 0.6 is 11.6 Å². The molecule has 0 nitrogen and oxygen atoms in total. The molecule has 46 valence electrons. The number of halogens is 1. The molecule has 0 aliphatic carbocycles. The minimum Gasteiger partial charge on any atom is -0.0875 e. The lowest BCUT2D eigenvalue weighted by atomic mass is 9.95. The van der Waals surface area contributed by atoms with Gasteiger partial charge in [-0.3, -0.25) is 0 Å². The van der Waals surface area contributed by atoms with E-state index in [9.17, 15) is 0 Å². The summed E-state index contributed by atoms with van der Waals surface area (Å²) in [4.78, 5) is 0. The van der Waals surface area contributed by atoms with E-state index in [-0.39, 0.29) is 0 Å². The first-order chi connectivity index (χ1) is 4.20. The fourth-order valence-electron chi connectivity index (χ4n) is 0.698. The van der Waals surface area contributed by atoms with Crippen LogP contribution in [0, 0.1) is 6.92 Å². The molecule has 0 heterocycles. The van der Waals surface area contributed by atoms with Crippen molar-refractivity contribution >= 4 is 24.9 Å². The van der Waals surface area contributed by atoms with Crippen LogP contribution in [-0.2, 0) is 0 Å². The summed E-state index contributed by atoms with van der Waals surface area (Å²) in [6, 6.07) is 6.05. The van der Waals surface area contributed by atoms with Gasteiger partial charge in [-0.2, -0.15) is 0 Å². The summed E-state index contributed by atoms with van der Waals surface area (Å²) in [5.74, 6) is 0. The molecule has 0 bridgehead atoms. The summed E-state index contributed by atoms with van der Waals surface area (Å²) in [5, 5.41) is 0.856. The van der Waals surface area contributed by atoms with Gasteiger partial charge in [-0.15, -0.1) is 0 Å². The Bertz CT molecular complexity index is 220. The van der Waals surface area contributed by atoms with Gasteiger partial charge in [-0.1, -0.05) is 29.2 Å². The molecule has 1 aromatic rings. The van der Waals surface area contributed by atoms with E-state index in [0.717, 1.165) is 10.6 Å². The lowest BCUT2D eigenvalue weighted by molar-refractivity contribution is 1.49. The van der Waals surface area contributed by atoms with Crippen LogP contribution in [0.3, 0.4) is 0 Å². The van der Waals surface area contributed by atoms with Crippen LogP contribution in [0.15, 0.2) is 18.2 Å². The molecule has 0 aliphatic heterocycles. The molecule has 0 aliphatic rings. The Labute approximate surface area is 61.3 Å². The molecular weight excluding hydrogens is 130 g/mol. The second-order valence-corrected chi connectivity index (χ2v) is 2.66. The minimum atomic E-state index is 0.856. The van der Waals surface area contributed by atoms with Gasteiger partial charge >= 0.3 is 0 Å². The van der Waals surface area contributed by atoms with Gasteiger partial charge in [0.05, 0.1) is 0 Å². The highest BCUT2D eigenvalue weighted by molar-refractivity contribution is 6.36. The summed E-state index contributed by atoms with van der Waals surface area (Å²) in [7, 11) is 2.03. The van der Waals surface area contributed by atoms with Crippen LogP contribution in [0.1, 0.15) is 5.56 Å². The van der Waals surface area contributed by atoms with E-state index in [1.54, 1.807) is 0 Å². The van der Waals surface area contributed by atoms with E-state index in [1.807, 2.05) is 26.9 Å². The van der Waals surface area contributed by atoms with Crippen molar-refractivity contribution in [2.45, 2.75) is 6.92 Å². The molecule has 0 N–H and O–H groups in total. The molecule has 0 atom stereocenters. The fraction of sp³-hybridized carbons (Fsp3) is 0.143. The average molecular weight is 138 g/mol. The minimum absolute atomic E-state index is 0.856. The fourth-order valence-corrected chi connectivity index (χ4v) is 0.933. The van der Waals surface area contributed by atoms with Gasteiger partial charge in [0.25, 0.3) is 0 Å². The molecule has 0 fully saturated rings. The molecule has 9 heavy (non-hydrogen) atoms. The highest BCUT2D eigenvalue weighted by atomic mass is 35.5. The maximum absolute atomic E-state index is 5.81. The second-order valence-electron chi connectivity index (χ2n) is 2.25. The molecule has 2 heteroatoms. The van der Waals surface area contributed by atoms with Crippen LogP contribution in [0.2, 0.25) is 5.02 Å². The van der Waals surface area contributed by atoms with Crippen molar-refractivity contribution in [3.63, 3.8) is 0 Å². The molecule has 0 amide bonds. The molecule has 0 spiro atoms. The molecule has 0 saturated carbocycles. The Balaban J connectivity index is 3.17. The van der Waals surface area contributed by atoms with Crippen molar-refractivity contribution in [1.82, 2.24) is 0 Å². The highest BCUT2D eigenvalue weighted by Crippen LogP contribution is 2.10. The van der Waals surface area contributed by atoms with Gasteiger partial charge < -0.3 is 0 Å². The lowest BCUT2D eigenvalue weighted by Crippen LogP contribution is -2.00. The van der Waals surface area contributed by atoms with Gasteiger partial charge in [0.2, 0.25) is 0 Å². The van der Waals surface area contributed by atoms with Gasteiger partial charge in [0, 0.05) is 5.02 Å². The third-order valence-electron chi connectivity index (χ3n) is 1.33. The predicted molar refractivity (Wildman–Crippen MR) is 44.4 cm³/mol. The molecule has 0 aromatic heterocycles. The van der Waals surface area contributed by atoms with Crippen molar-refractivity contribution in [3.05, 3.63) is 28.8 Å². The summed E-state index contributed by atoms with van der Waals surface area (Å²) in [6.07, 6.45) is 0. The zero-order valence-corrected chi connectivity index (χ0v) is 6.37. The van der Waals surface area contributed by atoms with Gasteiger partial charge in [-0.05, 0) is 18.6 Å². The molecule has 1 aromatic carbocycles. The third kappa shape index (κ3) is 1.49. The number of aryl methyl sites for hydroxylation is 1. The maximum atomic E-state index is 5.81. The average Bonchev–Trinajstić information content (AvgIpc) is 1.80. The van der Waals surface area contributed by atoms with E-state index in [0.29, 0.717) is 0 Å². The first-order valence-corrected chi connectivity index (χ1v) is 3.30. The molecule has 0 radical (unpaired) electrons. The Kier molecular flexibility index (Phi) is 1.82. The standard InChI is InChI=1S/C7H8BCl/c1-5-2-3-6(8)4-7(5)9/h2-4H,8H2,1H3. The van der Waals surface area contributed by atoms with Crippen molar-refractivity contribution in [2.24, 2.45) is 0 Å². The van der Waals surface area contributed by atoms with Gasteiger partial charge in [-0.25, -0.2) is 0 Å². The van der Waals surface area contributed by atoms with Crippen LogP contribution in [0.5, 0.6) is 0 Å². The predicted octanol–water partition coefficient (Wildman–Crippen LogP) is 0.907. The van der Waals surface area contributed by atoms with Crippen LogP contribution in [0.4, 0.5) is 0 Å². The summed E-state index contributed by atoms with van der Waals surface area (Å²) < 4.78 is 0. The van der Waals surface area contributed by atoms with Gasteiger partial charge in [0.15, 0.2) is 0 Å². The number of rotatable bonds is 0. The quantitative estimate of drug-likeness (QED) is 0.468. The van der Waals surface area contributed by atoms with E-state index in [2.05, 4.69) is 6.07 Å². The number of benzene rings is 1. The monoisotopic (exact) mass is 138 g/mol. The first kappa shape index (κ1) is 6.69. The largest absolute Gasteiger partial charge is 0.139 e. The SMILES string of the molecule is Bc1ccc(C)c(Cl)c1. The van der Waals surface area contributed by atoms with Crippen molar-refractivity contribution in [2.75, 3.05) is 0 Å². The number of hydrogen-bond donors (Lipinski definition) is 0.